The Hall–Kier alpha value is -0.720. The molecule has 5 nitrogen and oxygen atoms in total. The molecule has 0 bridgehead atoms. The van der Waals surface area contributed by atoms with E-state index < -0.39 is 0 Å². The van der Waals surface area contributed by atoms with Gasteiger partial charge in [0.25, 0.3) is 0 Å². The molecule has 1 aromatic heterocycles. The number of ether oxygens (including phenoxy) is 1. The highest BCUT2D eigenvalue weighted by Gasteiger charge is 2.18. The van der Waals surface area contributed by atoms with Crippen LogP contribution in [0.4, 0.5) is 5.82 Å². The van der Waals surface area contributed by atoms with Gasteiger partial charge in [0, 0.05) is 25.7 Å². The van der Waals surface area contributed by atoms with Crippen LogP contribution in [0.1, 0.15) is 12.7 Å². The summed E-state index contributed by atoms with van der Waals surface area (Å²) in [6.45, 7) is 8.75. The third-order valence-corrected chi connectivity index (χ3v) is 3.39. The SMILES string of the molecule is CCN1CCOC(CNc2cc(Br)nc(C)n2)C1. The van der Waals surface area contributed by atoms with Crippen molar-refractivity contribution in [3.8, 4) is 0 Å². The zero-order valence-electron chi connectivity index (χ0n) is 10.8. The van der Waals surface area contributed by atoms with Gasteiger partial charge in [-0.15, -0.1) is 0 Å². The second-order valence-electron chi connectivity index (χ2n) is 4.39. The molecule has 1 saturated heterocycles. The molecule has 2 heterocycles. The number of halogens is 1. The number of aromatic nitrogens is 2. The molecule has 1 N–H and O–H groups in total. The minimum absolute atomic E-state index is 0.229. The van der Waals surface area contributed by atoms with E-state index in [1.54, 1.807) is 0 Å². The quantitative estimate of drug-likeness (QED) is 0.857. The fourth-order valence-electron chi connectivity index (χ4n) is 2.03. The molecule has 1 aromatic rings. The van der Waals surface area contributed by atoms with E-state index in [9.17, 15) is 0 Å². The minimum atomic E-state index is 0.229. The van der Waals surface area contributed by atoms with E-state index in [-0.39, 0.29) is 6.10 Å². The van der Waals surface area contributed by atoms with Gasteiger partial charge in [0.15, 0.2) is 0 Å². The largest absolute Gasteiger partial charge is 0.374 e. The van der Waals surface area contributed by atoms with E-state index in [0.29, 0.717) is 0 Å². The van der Waals surface area contributed by atoms with E-state index in [1.807, 2.05) is 13.0 Å². The lowest BCUT2D eigenvalue weighted by atomic mass is 10.2. The number of rotatable bonds is 4. The lowest BCUT2D eigenvalue weighted by molar-refractivity contribution is -0.0192. The van der Waals surface area contributed by atoms with E-state index >= 15 is 0 Å². The number of aryl methyl sites for hydroxylation is 1. The Balaban J connectivity index is 1.87. The zero-order chi connectivity index (χ0) is 13.0. The molecule has 1 atom stereocenters. The van der Waals surface area contributed by atoms with Crippen molar-refractivity contribution in [2.75, 3.05) is 38.1 Å². The number of nitrogens with one attached hydrogen (secondary N) is 1. The average Bonchev–Trinajstić information content (AvgIpc) is 2.35. The summed E-state index contributed by atoms with van der Waals surface area (Å²) in [5.41, 5.74) is 0. The van der Waals surface area contributed by atoms with E-state index in [4.69, 9.17) is 4.74 Å². The lowest BCUT2D eigenvalue weighted by Gasteiger charge is -2.32. The monoisotopic (exact) mass is 314 g/mol. The summed E-state index contributed by atoms with van der Waals surface area (Å²) in [6, 6.07) is 1.88. The van der Waals surface area contributed by atoms with Gasteiger partial charge in [0.2, 0.25) is 0 Å². The zero-order valence-corrected chi connectivity index (χ0v) is 12.4. The Bertz CT molecular complexity index is 381. The maximum absolute atomic E-state index is 5.73. The van der Waals surface area contributed by atoms with Gasteiger partial charge in [-0.2, -0.15) is 0 Å². The lowest BCUT2D eigenvalue weighted by Crippen LogP contribution is -2.45. The fraction of sp³-hybridized carbons (Fsp3) is 0.667. The molecule has 6 heteroatoms. The first kappa shape index (κ1) is 13.7. The molecule has 100 valence electrons. The fourth-order valence-corrected chi connectivity index (χ4v) is 2.50. The maximum Gasteiger partial charge on any atom is 0.130 e. The van der Waals surface area contributed by atoms with Crippen molar-refractivity contribution in [2.24, 2.45) is 0 Å². The summed E-state index contributed by atoms with van der Waals surface area (Å²) < 4.78 is 6.54. The van der Waals surface area contributed by atoms with Crippen LogP contribution in [0.15, 0.2) is 10.7 Å². The van der Waals surface area contributed by atoms with Crippen LogP contribution in [0.2, 0.25) is 0 Å². The van der Waals surface area contributed by atoms with Crippen LogP contribution in [-0.2, 0) is 4.74 Å². The summed E-state index contributed by atoms with van der Waals surface area (Å²) in [4.78, 5) is 10.9. The highest BCUT2D eigenvalue weighted by atomic mass is 79.9. The first-order chi connectivity index (χ1) is 8.67. The predicted octanol–water partition coefficient (Wildman–Crippen LogP) is 1.68. The summed E-state index contributed by atoms with van der Waals surface area (Å²) in [7, 11) is 0. The number of morpholine rings is 1. The van der Waals surface area contributed by atoms with Gasteiger partial charge in [0.1, 0.15) is 16.2 Å². The molecule has 0 amide bonds. The summed E-state index contributed by atoms with van der Waals surface area (Å²) in [5, 5.41) is 3.31. The normalized spacial score (nSPS) is 20.9. The second kappa shape index (κ2) is 6.45. The van der Waals surface area contributed by atoms with Crippen molar-refractivity contribution in [1.29, 1.82) is 0 Å². The minimum Gasteiger partial charge on any atom is -0.374 e. The van der Waals surface area contributed by atoms with Crippen LogP contribution in [0.5, 0.6) is 0 Å². The van der Waals surface area contributed by atoms with Crippen LogP contribution in [0.3, 0.4) is 0 Å². The number of hydrogen-bond acceptors (Lipinski definition) is 5. The summed E-state index contributed by atoms with van der Waals surface area (Å²) in [6.07, 6.45) is 0.229. The molecular weight excluding hydrogens is 296 g/mol. The van der Waals surface area contributed by atoms with Gasteiger partial charge in [-0.3, -0.25) is 4.90 Å². The van der Waals surface area contributed by atoms with Crippen LogP contribution in [0, 0.1) is 6.92 Å². The smallest absolute Gasteiger partial charge is 0.130 e. The van der Waals surface area contributed by atoms with Crippen LogP contribution < -0.4 is 5.32 Å². The first-order valence-electron chi connectivity index (χ1n) is 6.26. The molecule has 1 unspecified atom stereocenters. The van der Waals surface area contributed by atoms with Crippen molar-refractivity contribution in [3.63, 3.8) is 0 Å². The van der Waals surface area contributed by atoms with Gasteiger partial charge >= 0.3 is 0 Å². The summed E-state index contributed by atoms with van der Waals surface area (Å²) >= 11 is 3.37. The molecular formula is C12H19BrN4O. The van der Waals surface area contributed by atoms with Gasteiger partial charge in [-0.1, -0.05) is 6.92 Å². The molecule has 0 radical (unpaired) electrons. The van der Waals surface area contributed by atoms with Crippen LogP contribution in [0.25, 0.3) is 0 Å². The highest BCUT2D eigenvalue weighted by molar-refractivity contribution is 9.10. The topological polar surface area (TPSA) is 50.3 Å². The van der Waals surface area contributed by atoms with Crippen molar-refractivity contribution < 1.29 is 4.74 Å². The molecule has 2 rings (SSSR count). The molecule has 0 spiro atoms. The Morgan fingerprint density at radius 3 is 3.11 bits per heavy atom. The third-order valence-electron chi connectivity index (χ3n) is 2.99. The molecule has 0 aliphatic carbocycles. The Kier molecular flexibility index (Phi) is 4.91. The van der Waals surface area contributed by atoms with E-state index in [2.05, 4.69) is 43.0 Å². The van der Waals surface area contributed by atoms with Crippen molar-refractivity contribution in [3.05, 3.63) is 16.5 Å². The standard InChI is InChI=1S/C12H19BrN4O/c1-3-17-4-5-18-10(8-17)7-14-12-6-11(13)15-9(2)16-12/h6,10H,3-5,7-8H2,1-2H3,(H,14,15,16). The van der Waals surface area contributed by atoms with Crippen LogP contribution >= 0.6 is 15.9 Å². The first-order valence-corrected chi connectivity index (χ1v) is 7.05. The highest BCUT2D eigenvalue weighted by Crippen LogP contribution is 2.13. The Labute approximate surface area is 116 Å². The van der Waals surface area contributed by atoms with Gasteiger partial charge in [0.05, 0.1) is 12.7 Å². The number of anilines is 1. The number of nitrogens with zero attached hydrogens (tertiary/aromatic N) is 3. The second-order valence-corrected chi connectivity index (χ2v) is 5.20. The molecule has 1 fully saturated rings. The predicted molar refractivity (Wildman–Crippen MR) is 74.8 cm³/mol. The van der Waals surface area contributed by atoms with E-state index in [0.717, 1.165) is 49.0 Å². The molecule has 0 aromatic carbocycles. The van der Waals surface area contributed by atoms with E-state index in [1.165, 1.54) is 0 Å². The third kappa shape index (κ3) is 3.90. The molecule has 1 aliphatic heterocycles. The van der Waals surface area contributed by atoms with Gasteiger partial charge in [-0.05, 0) is 29.4 Å². The van der Waals surface area contributed by atoms with Crippen molar-refractivity contribution >= 4 is 21.7 Å². The average molecular weight is 315 g/mol. The van der Waals surface area contributed by atoms with Crippen molar-refractivity contribution in [1.82, 2.24) is 14.9 Å². The summed E-state index contributed by atoms with van der Waals surface area (Å²) in [5.74, 6) is 1.60. The Morgan fingerprint density at radius 2 is 2.39 bits per heavy atom. The Morgan fingerprint density at radius 1 is 1.56 bits per heavy atom. The van der Waals surface area contributed by atoms with Crippen molar-refractivity contribution in [2.45, 2.75) is 20.0 Å². The number of hydrogen-bond donors (Lipinski definition) is 1. The molecule has 0 saturated carbocycles. The van der Waals surface area contributed by atoms with Crippen LogP contribution in [-0.4, -0.2) is 53.8 Å². The molecule has 1 aliphatic rings. The van der Waals surface area contributed by atoms with Gasteiger partial charge in [-0.25, -0.2) is 9.97 Å². The maximum atomic E-state index is 5.73. The number of likely N-dealkylation sites (N-methyl/N-ethyl adjacent to an activating group) is 1. The van der Waals surface area contributed by atoms with Gasteiger partial charge < -0.3 is 10.1 Å². The molecule has 18 heavy (non-hydrogen) atoms.